The summed E-state index contributed by atoms with van der Waals surface area (Å²) in [5, 5.41) is 5.71. The first-order valence-corrected chi connectivity index (χ1v) is 7.94. The molecule has 0 saturated heterocycles. The predicted molar refractivity (Wildman–Crippen MR) is 93.7 cm³/mol. The summed E-state index contributed by atoms with van der Waals surface area (Å²) < 4.78 is 0. The minimum Gasteiger partial charge on any atom is -0.354 e. The molecule has 0 radical (unpaired) electrons. The van der Waals surface area contributed by atoms with Crippen LogP contribution in [0, 0.1) is 18.8 Å². The standard InChI is InChI=1S/C17H25N3O2.ClH/c1-12-5-7-13(8-6-12)16(21)19-9-10-20-17(22)15-4-2-3-14(15)11-18;/h5-8,14-15H,2-4,9-11,18H2,1H3,(H,19,21)(H,20,22);1H/t14-,15-;/m1./s1. The third-order valence-electron chi connectivity index (χ3n) is 4.32. The monoisotopic (exact) mass is 339 g/mol. The molecule has 23 heavy (non-hydrogen) atoms. The van der Waals surface area contributed by atoms with E-state index in [1.165, 1.54) is 0 Å². The van der Waals surface area contributed by atoms with E-state index in [1.54, 1.807) is 12.1 Å². The normalized spacial score (nSPS) is 19.7. The first-order chi connectivity index (χ1) is 10.6. The van der Waals surface area contributed by atoms with Crippen LogP contribution in [0.3, 0.4) is 0 Å². The van der Waals surface area contributed by atoms with Crippen LogP contribution in [0.1, 0.15) is 35.2 Å². The van der Waals surface area contributed by atoms with Crippen molar-refractivity contribution >= 4 is 24.2 Å². The molecule has 0 heterocycles. The lowest BCUT2D eigenvalue weighted by atomic mass is 9.95. The van der Waals surface area contributed by atoms with Crippen molar-refractivity contribution in [2.24, 2.45) is 17.6 Å². The molecule has 2 atom stereocenters. The van der Waals surface area contributed by atoms with Gasteiger partial charge in [-0.15, -0.1) is 12.4 Å². The summed E-state index contributed by atoms with van der Waals surface area (Å²) in [6.07, 6.45) is 3.03. The summed E-state index contributed by atoms with van der Waals surface area (Å²) in [5.41, 5.74) is 7.45. The first kappa shape index (κ1) is 19.5. The predicted octanol–water partition coefficient (Wildman–Crippen LogP) is 1.64. The molecule has 0 spiro atoms. The van der Waals surface area contributed by atoms with Crippen molar-refractivity contribution in [3.63, 3.8) is 0 Å². The van der Waals surface area contributed by atoms with Crippen LogP contribution >= 0.6 is 12.4 Å². The average molecular weight is 340 g/mol. The van der Waals surface area contributed by atoms with Gasteiger partial charge in [-0.2, -0.15) is 0 Å². The molecule has 0 aliphatic heterocycles. The number of carbonyl (C=O) groups excluding carboxylic acids is 2. The van der Waals surface area contributed by atoms with E-state index in [0.717, 1.165) is 24.8 Å². The molecule has 2 rings (SSSR count). The molecule has 1 aromatic carbocycles. The summed E-state index contributed by atoms with van der Waals surface area (Å²) in [5.74, 6) is 0.299. The van der Waals surface area contributed by atoms with E-state index in [1.807, 2.05) is 19.1 Å². The second-order valence-electron chi connectivity index (χ2n) is 5.95. The minimum absolute atomic E-state index is 0. The molecule has 2 amide bonds. The maximum atomic E-state index is 12.1. The highest BCUT2D eigenvalue weighted by Gasteiger charge is 2.31. The van der Waals surface area contributed by atoms with Crippen molar-refractivity contribution in [2.75, 3.05) is 19.6 Å². The fourth-order valence-corrected chi connectivity index (χ4v) is 2.96. The van der Waals surface area contributed by atoms with Crippen LogP contribution in [0.5, 0.6) is 0 Å². The molecule has 0 unspecified atom stereocenters. The molecule has 0 bridgehead atoms. The largest absolute Gasteiger partial charge is 0.354 e. The van der Waals surface area contributed by atoms with Gasteiger partial charge in [0, 0.05) is 24.6 Å². The van der Waals surface area contributed by atoms with Gasteiger partial charge in [0.05, 0.1) is 0 Å². The first-order valence-electron chi connectivity index (χ1n) is 7.94. The lowest BCUT2D eigenvalue weighted by Gasteiger charge is -2.17. The summed E-state index contributed by atoms with van der Waals surface area (Å²) in [6, 6.07) is 7.41. The van der Waals surface area contributed by atoms with Gasteiger partial charge in [-0.3, -0.25) is 9.59 Å². The highest BCUT2D eigenvalue weighted by atomic mass is 35.5. The zero-order chi connectivity index (χ0) is 15.9. The highest BCUT2D eigenvalue weighted by Crippen LogP contribution is 2.30. The van der Waals surface area contributed by atoms with E-state index in [2.05, 4.69) is 10.6 Å². The Morgan fingerprint density at radius 2 is 1.78 bits per heavy atom. The number of halogens is 1. The molecular formula is C17H26ClN3O2. The van der Waals surface area contributed by atoms with Crippen LogP contribution < -0.4 is 16.4 Å². The summed E-state index contributed by atoms with van der Waals surface area (Å²) in [4.78, 5) is 24.0. The number of amides is 2. The Morgan fingerprint density at radius 1 is 1.13 bits per heavy atom. The molecule has 1 aliphatic rings. The maximum absolute atomic E-state index is 12.1. The van der Waals surface area contributed by atoms with Crippen molar-refractivity contribution in [2.45, 2.75) is 26.2 Å². The van der Waals surface area contributed by atoms with E-state index in [9.17, 15) is 9.59 Å². The third-order valence-corrected chi connectivity index (χ3v) is 4.32. The van der Waals surface area contributed by atoms with E-state index < -0.39 is 0 Å². The van der Waals surface area contributed by atoms with Crippen molar-refractivity contribution < 1.29 is 9.59 Å². The number of aryl methyl sites for hydroxylation is 1. The molecule has 1 aromatic rings. The molecule has 0 aromatic heterocycles. The Balaban J connectivity index is 0.00000264. The van der Waals surface area contributed by atoms with Crippen LogP contribution in [0.2, 0.25) is 0 Å². The topological polar surface area (TPSA) is 84.2 Å². The van der Waals surface area contributed by atoms with Crippen LogP contribution in [-0.4, -0.2) is 31.4 Å². The van der Waals surface area contributed by atoms with Crippen molar-refractivity contribution in [1.29, 1.82) is 0 Å². The van der Waals surface area contributed by atoms with Crippen molar-refractivity contribution in [3.8, 4) is 0 Å². The Morgan fingerprint density at radius 3 is 2.43 bits per heavy atom. The summed E-state index contributed by atoms with van der Waals surface area (Å²) in [6.45, 7) is 3.43. The van der Waals surface area contributed by atoms with Crippen molar-refractivity contribution in [3.05, 3.63) is 35.4 Å². The van der Waals surface area contributed by atoms with Gasteiger partial charge in [0.1, 0.15) is 0 Å². The molecular weight excluding hydrogens is 314 g/mol. The maximum Gasteiger partial charge on any atom is 0.251 e. The van der Waals surface area contributed by atoms with E-state index in [0.29, 0.717) is 31.1 Å². The van der Waals surface area contributed by atoms with Gasteiger partial charge in [-0.25, -0.2) is 0 Å². The van der Waals surface area contributed by atoms with Crippen LogP contribution in [0.15, 0.2) is 24.3 Å². The zero-order valence-electron chi connectivity index (χ0n) is 13.5. The second-order valence-corrected chi connectivity index (χ2v) is 5.95. The Labute approximate surface area is 143 Å². The zero-order valence-corrected chi connectivity index (χ0v) is 14.3. The Hall–Kier alpha value is -1.59. The second kappa shape index (κ2) is 9.53. The Kier molecular flexibility index (Phi) is 8.06. The molecule has 128 valence electrons. The van der Waals surface area contributed by atoms with Crippen LogP contribution in [-0.2, 0) is 4.79 Å². The molecule has 1 fully saturated rings. The summed E-state index contributed by atoms with van der Waals surface area (Å²) >= 11 is 0. The van der Waals surface area contributed by atoms with E-state index in [-0.39, 0.29) is 30.1 Å². The highest BCUT2D eigenvalue weighted by molar-refractivity contribution is 5.94. The molecule has 6 heteroatoms. The van der Waals surface area contributed by atoms with Gasteiger partial charge in [-0.1, -0.05) is 24.1 Å². The summed E-state index contributed by atoms with van der Waals surface area (Å²) in [7, 11) is 0. The van der Waals surface area contributed by atoms with Crippen LogP contribution in [0.4, 0.5) is 0 Å². The number of benzene rings is 1. The number of rotatable bonds is 6. The van der Waals surface area contributed by atoms with Gasteiger partial charge < -0.3 is 16.4 Å². The lowest BCUT2D eigenvalue weighted by Crippen LogP contribution is -2.39. The van der Waals surface area contributed by atoms with E-state index in [4.69, 9.17) is 5.73 Å². The quantitative estimate of drug-likeness (QED) is 0.689. The Bertz CT molecular complexity index is 519. The number of hydrogen-bond donors (Lipinski definition) is 3. The molecule has 1 saturated carbocycles. The van der Waals surface area contributed by atoms with Gasteiger partial charge >= 0.3 is 0 Å². The molecule has 1 aliphatic carbocycles. The SMILES string of the molecule is Cc1ccc(C(=O)NCCNC(=O)[C@@H]2CCC[C@@H]2CN)cc1.Cl. The minimum atomic E-state index is -0.116. The molecule has 4 N–H and O–H groups in total. The van der Waals surface area contributed by atoms with Gasteiger partial charge in [0.2, 0.25) is 5.91 Å². The lowest BCUT2D eigenvalue weighted by molar-refractivity contribution is -0.125. The number of nitrogens with one attached hydrogen (secondary N) is 2. The van der Waals surface area contributed by atoms with Gasteiger partial charge in [-0.05, 0) is 44.4 Å². The third kappa shape index (κ3) is 5.52. The van der Waals surface area contributed by atoms with Gasteiger partial charge in [0.25, 0.3) is 5.91 Å². The number of carbonyl (C=O) groups is 2. The average Bonchev–Trinajstić information content (AvgIpc) is 3.00. The smallest absolute Gasteiger partial charge is 0.251 e. The fraction of sp³-hybridized carbons (Fsp3) is 0.529. The van der Waals surface area contributed by atoms with E-state index >= 15 is 0 Å². The molecule has 5 nitrogen and oxygen atoms in total. The van der Waals surface area contributed by atoms with Crippen molar-refractivity contribution in [1.82, 2.24) is 10.6 Å². The fourth-order valence-electron chi connectivity index (χ4n) is 2.96. The van der Waals surface area contributed by atoms with Gasteiger partial charge in [0.15, 0.2) is 0 Å². The number of nitrogens with two attached hydrogens (primary N) is 1. The van der Waals surface area contributed by atoms with Crippen LogP contribution in [0.25, 0.3) is 0 Å². The number of hydrogen-bond acceptors (Lipinski definition) is 3.